The number of hydrogen-bond acceptors (Lipinski definition) is 12. The number of hydrazone groups is 1. The van der Waals surface area contributed by atoms with Crippen molar-refractivity contribution in [1.29, 1.82) is 0 Å². The third kappa shape index (κ3) is 8.28. The van der Waals surface area contributed by atoms with Crippen LogP contribution in [0, 0.1) is 20.8 Å². The molecule has 1 aliphatic heterocycles. The molecule has 0 spiro atoms. The molecule has 5 aromatic rings. The number of thiophene rings is 2. The summed E-state index contributed by atoms with van der Waals surface area (Å²) in [7, 11) is 2.15. The Morgan fingerprint density at radius 2 is 1.82 bits per heavy atom. The second kappa shape index (κ2) is 17.3. The number of carbonyl (C=O) groups excluding carboxylic acids is 1. The minimum absolute atomic E-state index is 0.0920. The number of rotatable bonds is 16. The molecule has 56 heavy (non-hydrogen) atoms. The number of carbonyl (C=O) groups is 1. The van der Waals surface area contributed by atoms with E-state index in [-0.39, 0.29) is 18.5 Å². The van der Waals surface area contributed by atoms with Gasteiger partial charge in [0.1, 0.15) is 11.8 Å². The standard InChI is InChI=1S/C43H51N5O6S2/c1-27-9-11-30(34-16-18-37(49)46-38(27)34)19-20-45-25-31-24-28(2)39(41-40(31)52-26-53-41)48(44-4)22-7-21-47(5)32-12-14-33(15-13-32)54-42(50)43(51,35-8-6-23-55-35)36-17-10-29(3)56-36/h6,8-11,16-18,23-24,32-33,45,51H,4,7,12-15,19-22,25-26H2,1-3,5H3,(H,46,49). The van der Waals surface area contributed by atoms with Gasteiger partial charge in [0.25, 0.3) is 0 Å². The lowest BCUT2D eigenvalue weighted by atomic mass is 9.91. The van der Waals surface area contributed by atoms with E-state index in [4.69, 9.17) is 14.2 Å². The molecule has 11 nitrogen and oxygen atoms in total. The van der Waals surface area contributed by atoms with Crippen LogP contribution in [0.1, 0.15) is 69.0 Å². The highest BCUT2D eigenvalue weighted by molar-refractivity contribution is 7.13. The van der Waals surface area contributed by atoms with E-state index < -0.39 is 11.6 Å². The highest BCUT2D eigenvalue weighted by atomic mass is 32.1. The van der Waals surface area contributed by atoms with Gasteiger partial charge in [-0.2, -0.15) is 5.10 Å². The molecule has 1 saturated carbocycles. The van der Waals surface area contributed by atoms with Gasteiger partial charge < -0.3 is 34.5 Å². The van der Waals surface area contributed by atoms with Crippen LogP contribution in [0.25, 0.3) is 10.9 Å². The number of anilines is 1. The molecule has 3 aromatic heterocycles. The van der Waals surface area contributed by atoms with E-state index in [9.17, 15) is 14.7 Å². The van der Waals surface area contributed by atoms with Crippen molar-refractivity contribution in [1.82, 2.24) is 15.2 Å². The minimum Gasteiger partial charge on any atom is -0.460 e. The first-order valence-corrected chi connectivity index (χ1v) is 21.0. The van der Waals surface area contributed by atoms with Gasteiger partial charge in [0, 0.05) is 47.7 Å². The predicted octanol–water partition coefficient (Wildman–Crippen LogP) is 7.17. The van der Waals surface area contributed by atoms with Crippen molar-refractivity contribution in [2.75, 3.05) is 38.5 Å². The number of nitrogens with one attached hydrogen (secondary N) is 2. The normalized spacial score (nSPS) is 17.6. The summed E-state index contributed by atoms with van der Waals surface area (Å²) in [6.07, 6.45) is 4.75. The molecule has 13 heteroatoms. The molecular formula is C43H51N5O6S2. The Labute approximate surface area is 335 Å². The van der Waals surface area contributed by atoms with E-state index in [1.165, 1.54) is 28.2 Å². The van der Waals surface area contributed by atoms with Crippen molar-refractivity contribution < 1.29 is 24.1 Å². The fourth-order valence-corrected chi connectivity index (χ4v) is 9.87. The summed E-state index contributed by atoms with van der Waals surface area (Å²) in [4.78, 5) is 33.0. The Kier molecular flexibility index (Phi) is 12.3. The van der Waals surface area contributed by atoms with Crippen LogP contribution in [0.4, 0.5) is 5.69 Å². The van der Waals surface area contributed by atoms with Gasteiger partial charge in [-0.15, -0.1) is 22.7 Å². The zero-order valence-electron chi connectivity index (χ0n) is 32.6. The number of fused-ring (bicyclic) bond motifs is 2. The fourth-order valence-electron chi connectivity index (χ4n) is 8.02. The smallest absolute Gasteiger partial charge is 0.349 e. The topological polar surface area (TPSA) is 129 Å². The Bertz CT molecular complexity index is 2230. The van der Waals surface area contributed by atoms with Crippen LogP contribution >= 0.6 is 22.7 Å². The number of aromatic nitrogens is 1. The second-order valence-electron chi connectivity index (χ2n) is 14.9. The molecule has 1 aliphatic carbocycles. The molecule has 1 unspecified atom stereocenters. The molecule has 4 heterocycles. The molecular weight excluding hydrogens is 747 g/mol. The molecule has 3 N–H and O–H groups in total. The van der Waals surface area contributed by atoms with Gasteiger partial charge in [-0.1, -0.05) is 18.2 Å². The van der Waals surface area contributed by atoms with Crippen molar-refractivity contribution in [2.24, 2.45) is 5.10 Å². The van der Waals surface area contributed by atoms with Crippen LogP contribution in [0.2, 0.25) is 0 Å². The zero-order chi connectivity index (χ0) is 39.4. The number of H-pyrrole nitrogens is 1. The first kappa shape index (κ1) is 39.7. The number of esters is 1. The molecule has 0 radical (unpaired) electrons. The van der Waals surface area contributed by atoms with E-state index in [0.717, 1.165) is 95.5 Å². The summed E-state index contributed by atoms with van der Waals surface area (Å²) in [5.41, 5.74) is 4.19. The number of aryl methyl sites for hydroxylation is 3. The lowest BCUT2D eigenvalue weighted by Crippen LogP contribution is -2.42. The molecule has 1 fully saturated rings. The van der Waals surface area contributed by atoms with Crippen LogP contribution in [0.5, 0.6) is 11.5 Å². The summed E-state index contributed by atoms with van der Waals surface area (Å²) >= 11 is 2.78. The van der Waals surface area contributed by atoms with Crippen LogP contribution in [0.15, 0.2) is 69.9 Å². The Morgan fingerprint density at radius 1 is 1.02 bits per heavy atom. The fraction of sp³-hybridized carbons (Fsp3) is 0.419. The van der Waals surface area contributed by atoms with E-state index in [2.05, 4.69) is 59.2 Å². The molecule has 7 rings (SSSR count). The van der Waals surface area contributed by atoms with Gasteiger partial charge in [-0.05, 0) is 132 Å². The Morgan fingerprint density at radius 3 is 2.55 bits per heavy atom. The van der Waals surface area contributed by atoms with Crippen molar-refractivity contribution in [3.05, 3.63) is 107 Å². The minimum atomic E-state index is -1.79. The second-order valence-corrected chi connectivity index (χ2v) is 17.1. The first-order valence-electron chi connectivity index (χ1n) is 19.3. The summed E-state index contributed by atoms with van der Waals surface area (Å²) < 4.78 is 18.0. The van der Waals surface area contributed by atoms with E-state index in [1.54, 1.807) is 12.1 Å². The van der Waals surface area contributed by atoms with Gasteiger partial charge in [-0.3, -0.25) is 9.80 Å². The predicted molar refractivity (Wildman–Crippen MR) is 225 cm³/mol. The molecule has 2 aromatic carbocycles. The highest BCUT2D eigenvalue weighted by Gasteiger charge is 2.45. The van der Waals surface area contributed by atoms with Gasteiger partial charge in [0.2, 0.25) is 18.0 Å². The number of aromatic amines is 1. The maximum Gasteiger partial charge on any atom is 0.349 e. The van der Waals surface area contributed by atoms with Crippen molar-refractivity contribution in [2.45, 2.75) is 83.6 Å². The van der Waals surface area contributed by atoms with Gasteiger partial charge in [0.15, 0.2) is 11.5 Å². The lowest BCUT2D eigenvalue weighted by Gasteiger charge is -2.36. The summed E-state index contributed by atoms with van der Waals surface area (Å²) in [5, 5.41) is 24.6. The molecule has 1 atom stereocenters. The number of aliphatic hydroxyl groups is 1. The highest BCUT2D eigenvalue weighted by Crippen LogP contribution is 2.46. The third-order valence-electron chi connectivity index (χ3n) is 11.1. The van der Waals surface area contributed by atoms with Crippen molar-refractivity contribution in [3.8, 4) is 11.5 Å². The monoisotopic (exact) mass is 797 g/mol. The number of nitrogens with zero attached hydrogens (tertiary/aromatic N) is 3. The van der Waals surface area contributed by atoms with E-state index in [1.807, 2.05) is 48.5 Å². The van der Waals surface area contributed by atoms with Gasteiger partial charge in [-0.25, -0.2) is 4.79 Å². The molecule has 296 valence electrons. The Hall–Kier alpha value is -4.53. The number of ether oxygens (including phenoxy) is 3. The van der Waals surface area contributed by atoms with Crippen LogP contribution < -0.4 is 25.4 Å². The average Bonchev–Trinajstić information content (AvgIpc) is 4.00. The molecule has 0 bridgehead atoms. The number of pyridine rings is 1. The van der Waals surface area contributed by atoms with Crippen molar-refractivity contribution in [3.63, 3.8) is 0 Å². The zero-order valence-corrected chi connectivity index (χ0v) is 34.2. The number of benzene rings is 2. The largest absolute Gasteiger partial charge is 0.460 e. The van der Waals surface area contributed by atoms with E-state index in [0.29, 0.717) is 34.6 Å². The molecule has 0 saturated heterocycles. The SMILES string of the molecule is C=NN(CCCN(C)C1CCC(OC(=O)C(O)(c2cccs2)c2ccc(C)s2)CC1)c1c(C)cc(CNCCc2ccc(C)c3[nH]c(=O)ccc23)c2c1OCO2. The summed E-state index contributed by atoms with van der Waals surface area (Å²) in [6, 6.07) is 17.6. The Balaban J connectivity index is 0.902. The maximum atomic E-state index is 13.6. The molecule has 0 amide bonds. The quantitative estimate of drug-likeness (QED) is 0.0412. The summed E-state index contributed by atoms with van der Waals surface area (Å²) in [5.74, 6) is 0.839. The first-order chi connectivity index (χ1) is 27.1. The van der Waals surface area contributed by atoms with Crippen LogP contribution in [0.3, 0.4) is 0 Å². The maximum absolute atomic E-state index is 13.6. The molecule has 2 aliphatic rings. The van der Waals surface area contributed by atoms with Crippen molar-refractivity contribution >= 4 is 52.0 Å². The lowest BCUT2D eigenvalue weighted by molar-refractivity contribution is -0.169. The third-order valence-corrected chi connectivity index (χ3v) is 13.2. The van der Waals surface area contributed by atoms with Gasteiger partial charge in [0.05, 0.1) is 15.3 Å². The van der Waals surface area contributed by atoms with Crippen LogP contribution in [-0.2, 0) is 28.1 Å². The van der Waals surface area contributed by atoms with E-state index >= 15 is 0 Å². The summed E-state index contributed by atoms with van der Waals surface area (Å²) in [6.45, 7) is 13.0. The van der Waals surface area contributed by atoms with Crippen LogP contribution in [-0.4, -0.2) is 73.3 Å². The van der Waals surface area contributed by atoms with Gasteiger partial charge >= 0.3 is 5.97 Å². The number of hydrogen-bond donors (Lipinski definition) is 3. The average molecular weight is 798 g/mol.